The summed E-state index contributed by atoms with van der Waals surface area (Å²) in [6.45, 7) is 6.62. The van der Waals surface area contributed by atoms with Gasteiger partial charge in [-0.05, 0) is 26.8 Å². The third-order valence-corrected chi connectivity index (χ3v) is 3.93. The molecule has 1 aliphatic carbocycles. The Kier molecular flexibility index (Phi) is 3.09. The third-order valence-electron chi connectivity index (χ3n) is 3.93. The second kappa shape index (κ2) is 4.81. The second-order valence-corrected chi connectivity index (χ2v) is 5.16. The van der Waals surface area contributed by atoms with Crippen LogP contribution in [0.1, 0.15) is 44.6 Å². The van der Waals surface area contributed by atoms with Gasteiger partial charge in [0.2, 0.25) is 0 Å². The van der Waals surface area contributed by atoms with E-state index in [4.69, 9.17) is 0 Å². The van der Waals surface area contributed by atoms with Crippen molar-refractivity contribution < 1.29 is 9.59 Å². The first kappa shape index (κ1) is 13.5. The molecule has 21 heavy (non-hydrogen) atoms. The molecule has 3 rings (SSSR count). The van der Waals surface area contributed by atoms with Crippen LogP contribution in [0.5, 0.6) is 0 Å². The van der Waals surface area contributed by atoms with Crippen LogP contribution < -0.4 is 0 Å². The first-order valence-electron chi connectivity index (χ1n) is 6.98. The molecule has 4 heteroatoms. The van der Waals surface area contributed by atoms with Gasteiger partial charge in [0, 0.05) is 28.9 Å². The topological polar surface area (TPSA) is 52.0 Å². The number of nitrogens with zero attached hydrogens (tertiary/aromatic N) is 2. The van der Waals surface area contributed by atoms with E-state index < -0.39 is 0 Å². The third kappa shape index (κ3) is 1.95. The number of aromatic nitrogens is 2. The molecule has 1 heterocycles. The van der Waals surface area contributed by atoms with E-state index in [1.807, 2.05) is 25.5 Å². The number of Topliss-reactive ketones (excluding diaryl/α,β-unsaturated/α-hetero) is 2. The summed E-state index contributed by atoms with van der Waals surface area (Å²) in [5.74, 6) is -0.391. The molecule has 0 atom stereocenters. The standard InChI is InChI=1S/C17H16N2O2/c1-4-19-11(3)14(10(2)18-19)9-15-16(20)12-7-5-6-8-13(12)17(15)21/h5-9H,4H2,1-3H3. The molecule has 1 aliphatic rings. The average Bonchev–Trinajstić information content (AvgIpc) is 2.90. The van der Waals surface area contributed by atoms with Gasteiger partial charge in [0.1, 0.15) is 0 Å². The first-order chi connectivity index (χ1) is 10.0. The molecular weight excluding hydrogens is 264 g/mol. The largest absolute Gasteiger partial charge is 0.288 e. The zero-order chi connectivity index (χ0) is 15.1. The Bertz CT molecular complexity index is 760. The maximum absolute atomic E-state index is 12.4. The van der Waals surface area contributed by atoms with Crippen LogP contribution in [0, 0.1) is 13.8 Å². The Labute approximate surface area is 123 Å². The summed E-state index contributed by atoms with van der Waals surface area (Å²) in [6.07, 6.45) is 1.69. The molecule has 0 N–H and O–H groups in total. The number of hydrogen-bond acceptors (Lipinski definition) is 3. The van der Waals surface area contributed by atoms with Gasteiger partial charge in [-0.1, -0.05) is 24.3 Å². The maximum Gasteiger partial charge on any atom is 0.197 e. The lowest BCUT2D eigenvalue weighted by molar-refractivity contribution is 0.0990. The van der Waals surface area contributed by atoms with Crippen LogP contribution in [-0.4, -0.2) is 21.3 Å². The zero-order valence-corrected chi connectivity index (χ0v) is 12.3. The van der Waals surface area contributed by atoms with Gasteiger partial charge in [0.25, 0.3) is 0 Å². The molecule has 1 aromatic heterocycles. The molecule has 0 radical (unpaired) electrons. The fourth-order valence-electron chi connectivity index (χ4n) is 2.78. The molecule has 0 bridgehead atoms. The van der Waals surface area contributed by atoms with Crippen molar-refractivity contribution in [1.82, 2.24) is 9.78 Å². The number of ketones is 2. The maximum atomic E-state index is 12.4. The summed E-state index contributed by atoms with van der Waals surface area (Å²) in [6, 6.07) is 6.95. The molecule has 0 aliphatic heterocycles. The first-order valence-corrected chi connectivity index (χ1v) is 6.98. The van der Waals surface area contributed by atoms with Crippen LogP contribution in [0.2, 0.25) is 0 Å². The van der Waals surface area contributed by atoms with Gasteiger partial charge in [-0.15, -0.1) is 0 Å². The van der Waals surface area contributed by atoms with Crippen molar-refractivity contribution in [2.75, 3.05) is 0 Å². The van der Waals surface area contributed by atoms with E-state index in [1.54, 1.807) is 30.3 Å². The minimum Gasteiger partial charge on any atom is -0.288 e. The Morgan fingerprint density at radius 2 is 1.67 bits per heavy atom. The summed E-state index contributed by atoms with van der Waals surface area (Å²) in [7, 11) is 0. The number of carbonyl (C=O) groups is 2. The minimum atomic E-state index is -0.196. The van der Waals surface area contributed by atoms with Gasteiger partial charge in [0.15, 0.2) is 11.6 Å². The Morgan fingerprint density at radius 3 is 2.14 bits per heavy atom. The normalized spacial score (nSPS) is 13.8. The van der Waals surface area contributed by atoms with E-state index in [-0.39, 0.29) is 17.1 Å². The number of aryl methyl sites for hydroxylation is 2. The van der Waals surface area contributed by atoms with Gasteiger partial charge >= 0.3 is 0 Å². The number of rotatable bonds is 2. The summed E-state index contributed by atoms with van der Waals surface area (Å²) in [4.78, 5) is 24.8. The monoisotopic (exact) mass is 280 g/mol. The highest BCUT2D eigenvalue weighted by molar-refractivity contribution is 6.41. The van der Waals surface area contributed by atoms with Crippen LogP contribution in [0.15, 0.2) is 29.8 Å². The molecule has 0 unspecified atom stereocenters. The van der Waals surface area contributed by atoms with Crippen molar-refractivity contribution in [2.24, 2.45) is 0 Å². The summed E-state index contributed by atoms with van der Waals surface area (Å²) in [5, 5.41) is 4.42. The van der Waals surface area contributed by atoms with Gasteiger partial charge in [-0.25, -0.2) is 0 Å². The van der Waals surface area contributed by atoms with Crippen molar-refractivity contribution in [3.8, 4) is 0 Å². The van der Waals surface area contributed by atoms with Crippen LogP contribution in [-0.2, 0) is 6.54 Å². The van der Waals surface area contributed by atoms with Crippen molar-refractivity contribution in [2.45, 2.75) is 27.3 Å². The van der Waals surface area contributed by atoms with E-state index in [0.717, 1.165) is 23.5 Å². The van der Waals surface area contributed by atoms with Gasteiger partial charge in [0.05, 0.1) is 11.3 Å². The molecule has 4 nitrogen and oxygen atoms in total. The number of benzene rings is 1. The smallest absolute Gasteiger partial charge is 0.197 e. The van der Waals surface area contributed by atoms with Crippen molar-refractivity contribution in [1.29, 1.82) is 0 Å². The lowest BCUT2D eigenvalue weighted by atomic mass is 10.1. The highest BCUT2D eigenvalue weighted by Gasteiger charge is 2.32. The SMILES string of the molecule is CCn1nc(C)c(C=C2C(=O)c3ccccc3C2=O)c1C. The number of carbonyl (C=O) groups excluding carboxylic acids is 2. The van der Waals surface area contributed by atoms with E-state index in [2.05, 4.69) is 5.10 Å². The highest BCUT2D eigenvalue weighted by atomic mass is 16.2. The minimum absolute atomic E-state index is 0.196. The highest BCUT2D eigenvalue weighted by Crippen LogP contribution is 2.29. The quantitative estimate of drug-likeness (QED) is 0.627. The van der Waals surface area contributed by atoms with Gasteiger partial charge in [-0.2, -0.15) is 5.10 Å². The Morgan fingerprint density at radius 1 is 1.10 bits per heavy atom. The summed E-state index contributed by atoms with van der Waals surface area (Å²) >= 11 is 0. The molecule has 0 saturated carbocycles. The van der Waals surface area contributed by atoms with Gasteiger partial charge in [-0.3, -0.25) is 14.3 Å². The molecule has 2 aromatic rings. The van der Waals surface area contributed by atoms with Crippen molar-refractivity contribution in [3.63, 3.8) is 0 Å². The van der Waals surface area contributed by atoms with E-state index in [9.17, 15) is 9.59 Å². The summed E-state index contributed by atoms with van der Waals surface area (Å²) in [5.41, 5.74) is 3.88. The molecule has 0 spiro atoms. The molecular formula is C17H16N2O2. The Balaban J connectivity index is 2.13. The van der Waals surface area contributed by atoms with Gasteiger partial charge < -0.3 is 0 Å². The number of allylic oxidation sites excluding steroid dienone is 1. The fourth-order valence-corrected chi connectivity index (χ4v) is 2.78. The average molecular weight is 280 g/mol. The molecule has 0 amide bonds. The lowest BCUT2D eigenvalue weighted by Crippen LogP contribution is -2.01. The molecule has 0 saturated heterocycles. The molecule has 106 valence electrons. The van der Waals surface area contributed by atoms with E-state index in [1.165, 1.54) is 0 Å². The molecule has 0 fully saturated rings. The molecule has 1 aromatic carbocycles. The van der Waals surface area contributed by atoms with E-state index >= 15 is 0 Å². The van der Waals surface area contributed by atoms with Crippen LogP contribution in [0.4, 0.5) is 0 Å². The Hall–Kier alpha value is -2.49. The predicted octanol–water partition coefficient (Wildman–Crippen LogP) is 2.98. The fraction of sp³-hybridized carbons (Fsp3) is 0.235. The van der Waals surface area contributed by atoms with Crippen molar-refractivity contribution >= 4 is 17.6 Å². The number of hydrogen-bond donors (Lipinski definition) is 0. The van der Waals surface area contributed by atoms with Crippen LogP contribution in [0.3, 0.4) is 0 Å². The van der Waals surface area contributed by atoms with Crippen LogP contribution in [0.25, 0.3) is 6.08 Å². The summed E-state index contributed by atoms with van der Waals surface area (Å²) < 4.78 is 1.87. The lowest BCUT2D eigenvalue weighted by Gasteiger charge is -1.99. The predicted molar refractivity (Wildman–Crippen MR) is 80.5 cm³/mol. The number of fused-ring (bicyclic) bond motifs is 1. The zero-order valence-electron chi connectivity index (χ0n) is 12.3. The van der Waals surface area contributed by atoms with Crippen molar-refractivity contribution in [3.05, 3.63) is 57.9 Å². The van der Waals surface area contributed by atoms with Crippen LogP contribution >= 0.6 is 0 Å². The van der Waals surface area contributed by atoms with E-state index in [0.29, 0.717) is 11.1 Å². The second-order valence-electron chi connectivity index (χ2n) is 5.16.